The van der Waals surface area contributed by atoms with E-state index in [2.05, 4.69) is 6.92 Å². The van der Waals surface area contributed by atoms with Gasteiger partial charge in [-0.3, -0.25) is 18.9 Å². The van der Waals surface area contributed by atoms with Gasteiger partial charge in [0.1, 0.15) is 19.8 Å². The van der Waals surface area contributed by atoms with Gasteiger partial charge in [-0.05, 0) is 25.2 Å². The number of rotatable bonds is 26. The van der Waals surface area contributed by atoms with Gasteiger partial charge in [0.05, 0.1) is 31.8 Å². The quantitative estimate of drug-likeness (QED) is 0.0224. The van der Waals surface area contributed by atoms with Crippen LogP contribution in [0.3, 0.4) is 0 Å². The molecule has 0 rings (SSSR count). The van der Waals surface area contributed by atoms with Gasteiger partial charge >= 0.3 is 17.9 Å². The maximum Gasteiger partial charge on any atom is 0.327 e. The molecule has 0 spiro atoms. The van der Waals surface area contributed by atoms with Crippen LogP contribution in [0.25, 0.3) is 0 Å². The first-order chi connectivity index (χ1) is 20.0. The summed E-state index contributed by atoms with van der Waals surface area (Å²) in [4.78, 5) is 37.4. The van der Waals surface area contributed by atoms with E-state index in [0.717, 1.165) is 25.7 Å². The van der Waals surface area contributed by atoms with Gasteiger partial charge in [-0.2, -0.15) is 8.42 Å². The molecule has 4 unspecified atom stereocenters. The van der Waals surface area contributed by atoms with Crippen LogP contribution in [0.2, 0.25) is 0 Å². The second-order valence-corrected chi connectivity index (χ2v) is 11.5. The number of allylic oxidation sites excluding steroid dienone is 1. The third-order valence-corrected chi connectivity index (χ3v) is 7.62. The van der Waals surface area contributed by atoms with Crippen LogP contribution in [0.1, 0.15) is 84.0 Å². The largest absolute Gasteiger partial charge is 0.463 e. The molecule has 5 N–H and O–H groups in total. The van der Waals surface area contributed by atoms with Gasteiger partial charge in [0, 0.05) is 36.0 Å². The second kappa shape index (κ2) is 27.2. The molecule has 0 fully saturated rings. The first-order valence-corrected chi connectivity index (χ1v) is 16.2. The monoisotopic (exact) mass is 649 g/mol. The molecule has 1 radical (unpaired) electrons. The van der Waals surface area contributed by atoms with E-state index in [9.17, 15) is 32.5 Å². The van der Waals surface area contributed by atoms with E-state index in [1.165, 1.54) is 12.2 Å². The minimum atomic E-state index is -5.20. The van der Waals surface area contributed by atoms with Crippen LogP contribution in [-0.4, -0.2) is 132 Å². The van der Waals surface area contributed by atoms with E-state index >= 15 is 0 Å². The standard InChI is InChI=1S/C28H50O13S.Na/c1-2-3-4-9-12-23(32)15-14-22(11-8-6-5-7-10-13-24(33)39-19-16-29)25(27(34)40-20-17-30)26(42(36,37)38)28(35)41-21-18-31;/h14-15,22-23,25-26,29-32H,2-13,16-21H2,1H3,(H,36,37,38);. The Bertz CT molecular complexity index is 882. The Labute approximate surface area is 277 Å². The van der Waals surface area contributed by atoms with Crippen molar-refractivity contribution in [3.8, 4) is 0 Å². The van der Waals surface area contributed by atoms with Crippen molar-refractivity contribution in [1.29, 1.82) is 0 Å². The predicted molar refractivity (Wildman–Crippen MR) is 158 cm³/mol. The molecule has 247 valence electrons. The van der Waals surface area contributed by atoms with Gasteiger partial charge < -0.3 is 34.6 Å². The number of esters is 3. The van der Waals surface area contributed by atoms with E-state index in [1.807, 2.05) is 0 Å². The van der Waals surface area contributed by atoms with E-state index in [4.69, 9.17) is 29.5 Å². The smallest absolute Gasteiger partial charge is 0.327 e. The molecule has 0 heterocycles. The Morgan fingerprint density at radius 1 is 0.721 bits per heavy atom. The van der Waals surface area contributed by atoms with Crippen molar-refractivity contribution in [3.05, 3.63) is 12.2 Å². The summed E-state index contributed by atoms with van der Waals surface area (Å²) in [7, 11) is -5.20. The molecule has 43 heavy (non-hydrogen) atoms. The molecular formula is C28H50NaO13S. The molecule has 0 saturated carbocycles. The molecule has 0 aliphatic carbocycles. The molecule has 0 aliphatic heterocycles. The second-order valence-electron chi connectivity index (χ2n) is 9.96. The maximum atomic E-state index is 13.1. The third kappa shape index (κ3) is 21.3. The topological polar surface area (TPSA) is 214 Å². The zero-order valence-corrected chi connectivity index (χ0v) is 28.4. The molecule has 0 aliphatic rings. The van der Waals surface area contributed by atoms with Crippen molar-refractivity contribution >= 4 is 57.6 Å². The molecule has 0 bridgehead atoms. The van der Waals surface area contributed by atoms with E-state index < -0.39 is 77.6 Å². The minimum absolute atomic E-state index is 0. The number of carbonyl (C=O) groups is 3. The number of carbonyl (C=O) groups excluding carboxylic acids is 3. The average molecular weight is 650 g/mol. The molecule has 0 aromatic rings. The fourth-order valence-corrected chi connectivity index (χ4v) is 5.40. The van der Waals surface area contributed by atoms with Crippen molar-refractivity contribution in [3.63, 3.8) is 0 Å². The molecule has 0 saturated heterocycles. The van der Waals surface area contributed by atoms with Crippen LogP contribution in [0.15, 0.2) is 12.2 Å². The number of hydrogen-bond acceptors (Lipinski definition) is 12. The first kappa shape index (κ1) is 44.0. The summed E-state index contributed by atoms with van der Waals surface area (Å²) in [6, 6.07) is 0. The van der Waals surface area contributed by atoms with Gasteiger partial charge in [-0.25, -0.2) is 0 Å². The van der Waals surface area contributed by atoms with Crippen molar-refractivity contribution < 1.29 is 62.0 Å². The normalized spacial score (nSPS) is 14.4. The fourth-order valence-electron chi connectivity index (χ4n) is 4.40. The summed E-state index contributed by atoms with van der Waals surface area (Å²) in [5.41, 5.74) is 0. The van der Waals surface area contributed by atoms with Gasteiger partial charge in [-0.15, -0.1) is 0 Å². The molecule has 13 nitrogen and oxygen atoms in total. The van der Waals surface area contributed by atoms with Crippen LogP contribution in [0.5, 0.6) is 0 Å². The van der Waals surface area contributed by atoms with Gasteiger partial charge in [0.2, 0.25) is 0 Å². The van der Waals surface area contributed by atoms with Crippen LogP contribution in [0.4, 0.5) is 0 Å². The van der Waals surface area contributed by atoms with E-state index in [-0.39, 0.29) is 55.6 Å². The summed E-state index contributed by atoms with van der Waals surface area (Å²) >= 11 is 0. The summed E-state index contributed by atoms with van der Waals surface area (Å²) < 4.78 is 49.3. The summed E-state index contributed by atoms with van der Waals surface area (Å²) in [5.74, 6) is -5.74. The summed E-state index contributed by atoms with van der Waals surface area (Å²) in [5, 5.41) is 34.9. The van der Waals surface area contributed by atoms with Gasteiger partial charge in [-0.1, -0.05) is 70.4 Å². The third-order valence-electron chi connectivity index (χ3n) is 6.49. The SMILES string of the molecule is CCCCCCC(O)C=CC(CCCCCCCC(=O)OCCO)C(C(=O)OCCO)C(C(=O)OCCO)S(=O)(=O)O.[Na]. The molecular weight excluding hydrogens is 599 g/mol. The molecule has 4 atom stereocenters. The van der Waals surface area contributed by atoms with E-state index in [0.29, 0.717) is 38.5 Å². The molecule has 0 aromatic carbocycles. The first-order valence-electron chi connectivity index (χ1n) is 14.7. The van der Waals surface area contributed by atoms with Crippen molar-refractivity contribution in [2.75, 3.05) is 39.6 Å². The van der Waals surface area contributed by atoms with Gasteiger partial charge in [0.25, 0.3) is 10.1 Å². The fraction of sp³-hybridized carbons (Fsp3) is 0.821. The number of unbranched alkanes of at least 4 members (excludes halogenated alkanes) is 7. The Balaban J connectivity index is 0. The Morgan fingerprint density at radius 2 is 1.23 bits per heavy atom. The van der Waals surface area contributed by atoms with Crippen LogP contribution >= 0.6 is 0 Å². The number of aliphatic hydroxyl groups excluding tert-OH is 4. The van der Waals surface area contributed by atoms with Crippen LogP contribution in [-0.2, 0) is 38.7 Å². The molecule has 0 aromatic heterocycles. The minimum Gasteiger partial charge on any atom is -0.463 e. The summed E-state index contributed by atoms with van der Waals surface area (Å²) in [6.45, 7) is -0.457. The Kier molecular flexibility index (Phi) is 27.9. The molecule has 0 amide bonds. The number of aliphatic hydroxyl groups is 4. The number of ether oxygens (including phenoxy) is 3. The molecule has 15 heteroatoms. The predicted octanol–water partition coefficient (Wildman–Crippen LogP) is 1.32. The van der Waals surface area contributed by atoms with E-state index in [1.54, 1.807) is 0 Å². The Morgan fingerprint density at radius 3 is 1.81 bits per heavy atom. The maximum absolute atomic E-state index is 13.1. The van der Waals surface area contributed by atoms with Crippen LogP contribution < -0.4 is 0 Å². The van der Waals surface area contributed by atoms with Crippen molar-refractivity contribution in [2.45, 2.75) is 95.3 Å². The van der Waals surface area contributed by atoms with Crippen molar-refractivity contribution in [2.24, 2.45) is 11.8 Å². The van der Waals surface area contributed by atoms with Crippen LogP contribution in [0, 0.1) is 11.8 Å². The average Bonchev–Trinajstić information content (AvgIpc) is 2.94. The zero-order valence-electron chi connectivity index (χ0n) is 25.6. The summed E-state index contributed by atoms with van der Waals surface area (Å²) in [6.07, 6.45) is 9.53. The van der Waals surface area contributed by atoms with Crippen molar-refractivity contribution in [1.82, 2.24) is 0 Å². The zero-order chi connectivity index (χ0) is 31.8. The number of hydrogen-bond donors (Lipinski definition) is 5. The van der Waals surface area contributed by atoms with Gasteiger partial charge in [0.15, 0.2) is 5.25 Å². The Hall–Kier alpha value is -1.10.